The van der Waals surface area contributed by atoms with Gasteiger partial charge in [-0.25, -0.2) is 0 Å². The van der Waals surface area contributed by atoms with Gasteiger partial charge in [-0.05, 0) is 69.2 Å². The van der Waals surface area contributed by atoms with E-state index < -0.39 is 0 Å². The van der Waals surface area contributed by atoms with Crippen LogP contribution in [-0.2, 0) is 0 Å². The first-order valence-corrected chi connectivity index (χ1v) is 12.0. The molecule has 0 saturated carbocycles. The fourth-order valence-electron chi connectivity index (χ4n) is 4.75. The molecule has 2 nitrogen and oxygen atoms in total. The molecule has 2 aliphatic rings. The summed E-state index contributed by atoms with van der Waals surface area (Å²) in [7, 11) is 0. The van der Waals surface area contributed by atoms with Gasteiger partial charge < -0.3 is 5.32 Å². The van der Waals surface area contributed by atoms with Crippen LogP contribution in [0.1, 0.15) is 69.4 Å². The van der Waals surface area contributed by atoms with Crippen LogP contribution in [-0.4, -0.2) is 24.5 Å². The minimum Gasteiger partial charge on any atom is -0.389 e. The van der Waals surface area contributed by atoms with E-state index in [0.717, 1.165) is 26.1 Å². The SMILES string of the molecule is C=CCCCCCCNC(=C)C1CCN(C(C2=CCCC=C2)c2ccccc2)CC1. The van der Waals surface area contributed by atoms with E-state index in [4.69, 9.17) is 0 Å². The maximum atomic E-state index is 4.38. The number of hydrogen-bond acceptors (Lipinski definition) is 2. The first-order chi connectivity index (χ1) is 14.8. The molecule has 0 aromatic heterocycles. The predicted molar refractivity (Wildman–Crippen MR) is 130 cm³/mol. The van der Waals surface area contributed by atoms with E-state index in [1.165, 1.54) is 68.2 Å². The molecule has 2 heteroatoms. The van der Waals surface area contributed by atoms with Crippen LogP contribution in [0.15, 0.2) is 79.1 Å². The lowest BCUT2D eigenvalue weighted by Crippen LogP contribution is -2.39. The Morgan fingerprint density at radius 3 is 2.53 bits per heavy atom. The van der Waals surface area contributed by atoms with Gasteiger partial charge in [0.1, 0.15) is 0 Å². The van der Waals surface area contributed by atoms with Gasteiger partial charge in [-0.15, -0.1) is 6.58 Å². The van der Waals surface area contributed by atoms with Crippen molar-refractivity contribution in [2.24, 2.45) is 5.92 Å². The highest BCUT2D eigenvalue weighted by molar-refractivity contribution is 5.36. The molecule has 3 rings (SSSR count). The average molecular weight is 405 g/mol. The van der Waals surface area contributed by atoms with Gasteiger partial charge in [0.25, 0.3) is 0 Å². The van der Waals surface area contributed by atoms with Crippen molar-refractivity contribution in [1.29, 1.82) is 0 Å². The highest BCUT2D eigenvalue weighted by Crippen LogP contribution is 2.35. The molecule has 0 spiro atoms. The Morgan fingerprint density at radius 1 is 1.07 bits per heavy atom. The summed E-state index contributed by atoms with van der Waals surface area (Å²) in [5, 5.41) is 3.63. The second-order valence-corrected chi connectivity index (χ2v) is 8.75. The van der Waals surface area contributed by atoms with Crippen LogP contribution in [0.4, 0.5) is 0 Å². The molecule has 1 aliphatic heterocycles. The number of unbranched alkanes of at least 4 members (excludes halogenated alkanes) is 4. The summed E-state index contributed by atoms with van der Waals surface area (Å²) in [6, 6.07) is 11.4. The number of benzene rings is 1. The average Bonchev–Trinajstić information content (AvgIpc) is 2.80. The number of likely N-dealkylation sites (tertiary alicyclic amines) is 1. The van der Waals surface area contributed by atoms with Crippen molar-refractivity contribution < 1.29 is 0 Å². The largest absolute Gasteiger partial charge is 0.389 e. The molecule has 0 bridgehead atoms. The molecule has 162 valence electrons. The van der Waals surface area contributed by atoms with E-state index in [1.807, 2.05) is 6.08 Å². The highest BCUT2D eigenvalue weighted by atomic mass is 15.2. The van der Waals surface area contributed by atoms with E-state index in [2.05, 4.69) is 71.9 Å². The van der Waals surface area contributed by atoms with Crippen LogP contribution in [0.25, 0.3) is 0 Å². The first-order valence-electron chi connectivity index (χ1n) is 12.0. The normalized spacial score (nSPS) is 18.6. The van der Waals surface area contributed by atoms with E-state index in [1.54, 1.807) is 0 Å². The third kappa shape index (κ3) is 6.74. The van der Waals surface area contributed by atoms with Crippen LogP contribution in [0.3, 0.4) is 0 Å². The van der Waals surface area contributed by atoms with Gasteiger partial charge in [-0.3, -0.25) is 4.90 Å². The Balaban J connectivity index is 1.48. The third-order valence-corrected chi connectivity index (χ3v) is 6.53. The van der Waals surface area contributed by atoms with Crippen molar-refractivity contribution in [2.45, 2.75) is 63.8 Å². The fourth-order valence-corrected chi connectivity index (χ4v) is 4.75. The number of hydrogen-bond donors (Lipinski definition) is 1. The molecular weight excluding hydrogens is 364 g/mol. The van der Waals surface area contributed by atoms with E-state index in [0.29, 0.717) is 12.0 Å². The highest BCUT2D eigenvalue weighted by Gasteiger charge is 2.29. The summed E-state index contributed by atoms with van der Waals surface area (Å²) < 4.78 is 0. The lowest BCUT2D eigenvalue weighted by Gasteiger charge is -2.39. The molecule has 0 amide bonds. The van der Waals surface area contributed by atoms with E-state index >= 15 is 0 Å². The maximum Gasteiger partial charge on any atom is 0.0598 e. The topological polar surface area (TPSA) is 15.3 Å². The lowest BCUT2D eigenvalue weighted by molar-refractivity contribution is 0.160. The summed E-state index contributed by atoms with van der Waals surface area (Å²) in [4.78, 5) is 2.68. The van der Waals surface area contributed by atoms with Crippen molar-refractivity contribution >= 4 is 0 Å². The lowest BCUT2D eigenvalue weighted by atomic mass is 9.88. The zero-order chi connectivity index (χ0) is 21.0. The summed E-state index contributed by atoms with van der Waals surface area (Å²) in [5.41, 5.74) is 4.15. The molecular formula is C28H40N2. The Labute approximate surface area is 184 Å². The monoisotopic (exact) mass is 404 g/mol. The summed E-state index contributed by atoms with van der Waals surface area (Å²) in [6.07, 6.45) is 20.2. The molecule has 0 radical (unpaired) electrons. The van der Waals surface area contributed by atoms with Crippen LogP contribution in [0.5, 0.6) is 0 Å². The van der Waals surface area contributed by atoms with Crippen molar-refractivity contribution in [3.05, 3.63) is 84.6 Å². The maximum absolute atomic E-state index is 4.38. The molecule has 1 aromatic carbocycles. The van der Waals surface area contributed by atoms with Crippen LogP contribution < -0.4 is 5.32 Å². The Morgan fingerprint density at radius 2 is 1.83 bits per heavy atom. The summed E-state index contributed by atoms with van der Waals surface area (Å²) >= 11 is 0. The molecule has 1 aliphatic carbocycles. The van der Waals surface area contributed by atoms with Crippen LogP contribution >= 0.6 is 0 Å². The molecule has 1 saturated heterocycles. The van der Waals surface area contributed by atoms with Crippen molar-refractivity contribution in [1.82, 2.24) is 10.2 Å². The molecule has 30 heavy (non-hydrogen) atoms. The van der Waals surface area contributed by atoms with Gasteiger partial charge in [0, 0.05) is 18.2 Å². The Hall–Kier alpha value is -2.06. The quantitative estimate of drug-likeness (QED) is 0.299. The fraction of sp³-hybridized carbons (Fsp3) is 0.500. The second kappa shape index (κ2) is 12.6. The second-order valence-electron chi connectivity index (χ2n) is 8.75. The Kier molecular flexibility index (Phi) is 9.50. The number of nitrogens with zero attached hydrogens (tertiary/aromatic N) is 1. The van der Waals surface area contributed by atoms with Gasteiger partial charge >= 0.3 is 0 Å². The van der Waals surface area contributed by atoms with Gasteiger partial charge in [-0.2, -0.15) is 0 Å². The van der Waals surface area contributed by atoms with Gasteiger partial charge in [0.05, 0.1) is 6.04 Å². The number of piperidine rings is 1. The van der Waals surface area contributed by atoms with Crippen molar-refractivity contribution in [2.75, 3.05) is 19.6 Å². The minimum atomic E-state index is 0.389. The predicted octanol–water partition coefficient (Wildman–Crippen LogP) is 6.96. The van der Waals surface area contributed by atoms with E-state index in [9.17, 15) is 0 Å². The molecule has 1 N–H and O–H groups in total. The standard InChI is InChI=1S/C28H40N2/c1-3-4-5-6-7-14-21-29-24(2)25-19-22-30(23-20-25)28(26-15-10-8-11-16-26)27-17-12-9-13-18-27/h3,8,10-12,15-18,25,28-29H,1-2,4-7,9,13-14,19-23H2. The third-order valence-electron chi connectivity index (χ3n) is 6.53. The van der Waals surface area contributed by atoms with E-state index in [-0.39, 0.29) is 0 Å². The molecule has 1 heterocycles. The molecule has 1 fully saturated rings. The smallest absolute Gasteiger partial charge is 0.0598 e. The summed E-state index contributed by atoms with van der Waals surface area (Å²) in [5.74, 6) is 0.606. The van der Waals surface area contributed by atoms with Crippen molar-refractivity contribution in [3.63, 3.8) is 0 Å². The summed E-state index contributed by atoms with van der Waals surface area (Å²) in [6.45, 7) is 11.5. The van der Waals surface area contributed by atoms with Gasteiger partial charge in [0.2, 0.25) is 0 Å². The van der Waals surface area contributed by atoms with Gasteiger partial charge in [0.15, 0.2) is 0 Å². The Bertz CT molecular complexity index is 707. The molecule has 1 atom stereocenters. The zero-order valence-corrected chi connectivity index (χ0v) is 18.7. The number of allylic oxidation sites excluding steroid dienone is 4. The first kappa shape index (κ1) is 22.6. The molecule has 1 aromatic rings. The van der Waals surface area contributed by atoms with Crippen LogP contribution in [0, 0.1) is 5.92 Å². The zero-order valence-electron chi connectivity index (χ0n) is 18.7. The van der Waals surface area contributed by atoms with Crippen LogP contribution in [0.2, 0.25) is 0 Å². The minimum absolute atomic E-state index is 0.389. The number of rotatable bonds is 12. The van der Waals surface area contributed by atoms with Crippen molar-refractivity contribution in [3.8, 4) is 0 Å². The number of nitrogens with one attached hydrogen (secondary N) is 1. The molecule has 1 unspecified atom stereocenters. The van der Waals surface area contributed by atoms with Gasteiger partial charge in [-0.1, -0.05) is 74.1 Å².